The van der Waals surface area contributed by atoms with Gasteiger partial charge in [0.1, 0.15) is 0 Å². The van der Waals surface area contributed by atoms with Gasteiger partial charge in [0.05, 0.1) is 11.3 Å². The quantitative estimate of drug-likeness (QED) is 0.762. The molecule has 3 aromatic rings. The molecule has 118 valence electrons. The van der Waals surface area contributed by atoms with Crippen LogP contribution in [0.4, 0.5) is 5.88 Å². The van der Waals surface area contributed by atoms with Crippen LogP contribution < -0.4 is 5.73 Å². The fourth-order valence-electron chi connectivity index (χ4n) is 3.29. The van der Waals surface area contributed by atoms with Crippen LogP contribution in [-0.2, 0) is 0 Å². The number of H-pyrrole nitrogens is 1. The summed E-state index contributed by atoms with van der Waals surface area (Å²) in [5.41, 5.74) is 8.20. The number of aromatic amines is 1. The largest absolute Gasteiger partial charge is 0.368 e. The minimum absolute atomic E-state index is 0.0839. The van der Waals surface area contributed by atoms with E-state index in [0.717, 1.165) is 48.1 Å². The van der Waals surface area contributed by atoms with Crippen LogP contribution in [0.1, 0.15) is 34.8 Å². The summed E-state index contributed by atoms with van der Waals surface area (Å²) in [6, 6.07) is 9.65. The number of aromatic nitrogens is 2. The lowest BCUT2D eigenvalue weighted by molar-refractivity contribution is 0.0713. The summed E-state index contributed by atoms with van der Waals surface area (Å²) in [5, 5.41) is 4.97. The highest BCUT2D eigenvalue weighted by Gasteiger charge is 2.27. The Morgan fingerprint density at radius 3 is 2.83 bits per heavy atom. The van der Waals surface area contributed by atoms with E-state index in [1.165, 1.54) is 0 Å². The van der Waals surface area contributed by atoms with Crippen molar-refractivity contribution >= 4 is 22.7 Å². The van der Waals surface area contributed by atoms with E-state index in [0.29, 0.717) is 11.8 Å². The van der Waals surface area contributed by atoms with Crippen molar-refractivity contribution in [3.63, 3.8) is 0 Å². The first-order valence-corrected chi connectivity index (χ1v) is 7.80. The summed E-state index contributed by atoms with van der Waals surface area (Å²) >= 11 is 0. The summed E-state index contributed by atoms with van der Waals surface area (Å²) in [7, 11) is 0. The number of nitrogens with one attached hydrogen (secondary N) is 1. The Morgan fingerprint density at radius 2 is 2.09 bits per heavy atom. The standard InChI is InChI=1S/C17H18N4O2/c18-16-9-15(20-23-16)11-5-7-21(8-6-11)17(22)13-10-19-14-4-2-1-3-12(13)14/h1-4,9-11,19H,5-8,18H2. The number of para-hydroxylation sites is 1. The molecule has 0 spiro atoms. The van der Waals surface area contributed by atoms with Gasteiger partial charge < -0.3 is 20.1 Å². The van der Waals surface area contributed by atoms with E-state index < -0.39 is 0 Å². The SMILES string of the molecule is Nc1cc(C2CCN(C(=O)c3c[nH]c4ccccc34)CC2)no1. The zero-order valence-corrected chi connectivity index (χ0v) is 12.7. The van der Waals surface area contributed by atoms with E-state index in [9.17, 15) is 4.79 Å². The number of carbonyl (C=O) groups is 1. The Hall–Kier alpha value is -2.76. The number of benzene rings is 1. The Kier molecular flexibility index (Phi) is 3.29. The molecule has 0 saturated carbocycles. The number of piperidine rings is 1. The molecule has 1 amide bonds. The molecule has 0 atom stereocenters. The molecule has 3 heterocycles. The summed E-state index contributed by atoms with van der Waals surface area (Å²) in [4.78, 5) is 17.8. The van der Waals surface area contributed by atoms with Crippen LogP contribution >= 0.6 is 0 Å². The van der Waals surface area contributed by atoms with Gasteiger partial charge in [-0.2, -0.15) is 0 Å². The second-order valence-electron chi connectivity index (χ2n) is 5.97. The number of amides is 1. The highest BCUT2D eigenvalue weighted by Crippen LogP contribution is 2.29. The summed E-state index contributed by atoms with van der Waals surface area (Å²) < 4.78 is 4.94. The normalized spacial score (nSPS) is 16.1. The van der Waals surface area contributed by atoms with Crippen LogP contribution in [-0.4, -0.2) is 34.0 Å². The van der Waals surface area contributed by atoms with Crippen LogP contribution in [0, 0.1) is 0 Å². The van der Waals surface area contributed by atoms with Gasteiger partial charge in [-0.05, 0) is 18.9 Å². The molecule has 0 radical (unpaired) electrons. The molecule has 4 rings (SSSR count). The van der Waals surface area contributed by atoms with E-state index in [1.807, 2.05) is 29.2 Å². The van der Waals surface area contributed by atoms with E-state index in [-0.39, 0.29) is 5.91 Å². The van der Waals surface area contributed by atoms with Crippen molar-refractivity contribution in [3.8, 4) is 0 Å². The molecule has 6 nitrogen and oxygen atoms in total. The first-order chi connectivity index (χ1) is 11.2. The van der Waals surface area contributed by atoms with Crippen LogP contribution in [0.5, 0.6) is 0 Å². The van der Waals surface area contributed by atoms with Crippen molar-refractivity contribution in [2.45, 2.75) is 18.8 Å². The van der Waals surface area contributed by atoms with Gasteiger partial charge in [-0.3, -0.25) is 4.79 Å². The van der Waals surface area contributed by atoms with Crippen LogP contribution in [0.3, 0.4) is 0 Å². The smallest absolute Gasteiger partial charge is 0.256 e. The van der Waals surface area contributed by atoms with Crippen LogP contribution in [0.25, 0.3) is 10.9 Å². The van der Waals surface area contributed by atoms with Gasteiger partial charge in [-0.25, -0.2) is 0 Å². The average Bonchev–Trinajstić information content (AvgIpc) is 3.21. The maximum absolute atomic E-state index is 12.8. The van der Waals surface area contributed by atoms with E-state index in [1.54, 1.807) is 12.3 Å². The van der Waals surface area contributed by atoms with E-state index >= 15 is 0 Å². The van der Waals surface area contributed by atoms with Gasteiger partial charge in [0, 0.05) is 42.2 Å². The zero-order valence-electron chi connectivity index (χ0n) is 12.7. The van der Waals surface area contributed by atoms with Gasteiger partial charge >= 0.3 is 0 Å². The number of carbonyl (C=O) groups excluding carboxylic acids is 1. The van der Waals surface area contributed by atoms with Gasteiger partial charge in [0.2, 0.25) is 5.88 Å². The Balaban J connectivity index is 1.49. The minimum atomic E-state index is 0.0839. The van der Waals surface area contributed by atoms with Gasteiger partial charge in [0.25, 0.3) is 5.91 Å². The monoisotopic (exact) mass is 310 g/mol. The third-order valence-corrected chi connectivity index (χ3v) is 4.57. The number of nitrogens with two attached hydrogens (primary N) is 1. The number of rotatable bonds is 2. The molecule has 1 aliphatic rings. The zero-order chi connectivity index (χ0) is 15.8. The number of fused-ring (bicyclic) bond motifs is 1. The second kappa shape index (κ2) is 5.46. The highest BCUT2D eigenvalue weighted by atomic mass is 16.5. The Labute approximate surface area is 133 Å². The van der Waals surface area contributed by atoms with Crippen molar-refractivity contribution in [1.29, 1.82) is 0 Å². The third-order valence-electron chi connectivity index (χ3n) is 4.57. The van der Waals surface area contributed by atoms with Gasteiger partial charge in [-0.1, -0.05) is 23.4 Å². The van der Waals surface area contributed by atoms with Gasteiger partial charge in [-0.15, -0.1) is 0 Å². The molecule has 2 aromatic heterocycles. The molecular formula is C17H18N4O2. The molecule has 0 bridgehead atoms. The Bertz CT molecular complexity index is 843. The number of hydrogen-bond donors (Lipinski definition) is 2. The van der Waals surface area contributed by atoms with Crippen molar-refractivity contribution in [2.75, 3.05) is 18.8 Å². The van der Waals surface area contributed by atoms with Gasteiger partial charge in [0.15, 0.2) is 0 Å². The van der Waals surface area contributed by atoms with Crippen molar-refractivity contribution in [3.05, 3.63) is 47.8 Å². The van der Waals surface area contributed by atoms with Crippen molar-refractivity contribution < 1.29 is 9.32 Å². The predicted octanol–water partition coefficient (Wildman–Crippen LogP) is 2.76. The molecule has 1 saturated heterocycles. The highest BCUT2D eigenvalue weighted by molar-refractivity contribution is 6.06. The number of nitrogen functional groups attached to an aromatic ring is 1. The average molecular weight is 310 g/mol. The molecule has 1 aromatic carbocycles. The van der Waals surface area contributed by atoms with Crippen molar-refractivity contribution in [2.24, 2.45) is 0 Å². The lowest BCUT2D eigenvalue weighted by atomic mass is 9.93. The molecule has 3 N–H and O–H groups in total. The van der Waals surface area contributed by atoms with E-state index in [4.69, 9.17) is 10.3 Å². The molecule has 0 unspecified atom stereocenters. The van der Waals surface area contributed by atoms with E-state index in [2.05, 4.69) is 10.1 Å². The lowest BCUT2D eigenvalue weighted by Gasteiger charge is -2.31. The molecular weight excluding hydrogens is 292 g/mol. The number of nitrogens with zero attached hydrogens (tertiary/aromatic N) is 2. The fourth-order valence-corrected chi connectivity index (χ4v) is 3.29. The molecule has 23 heavy (non-hydrogen) atoms. The maximum Gasteiger partial charge on any atom is 0.256 e. The fraction of sp³-hybridized carbons (Fsp3) is 0.294. The summed E-state index contributed by atoms with van der Waals surface area (Å²) in [6.45, 7) is 1.44. The minimum Gasteiger partial charge on any atom is -0.368 e. The number of anilines is 1. The molecule has 0 aliphatic carbocycles. The Morgan fingerprint density at radius 1 is 1.30 bits per heavy atom. The maximum atomic E-state index is 12.8. The van der Waals surface area contributed by atoms with Crippen LogP contribution in [0.2, 0.25) is 0 Å². The van der Waals surface area contributed by atoms with Crippen molar-refractivity contribution in [1.82, 2.24) is 15.0 Å². The van der Waals surface area contributed by atoms with Crippen LogP contribution in [0.15, 0.2) is 41.1 Å². The topological polar surface area (TPSA) is 88.1 Å². The third kappa shape index (κ3) is 2.46. The summed E-state index contributed by atoms with van der Waals surface area (Å²) in [5.74, 6) is 0.737. The first kappa shape index (κ1) is 13.9. The predicted molar refractivity (Wildman–Crippen MR) is 87.1 cm³/mol. The molecule has 1 fully saturated rings. The lowest BCUT2D eigenvalue weighted by Crippen LogP contribution is -2.37. The first-order valence-electron chi connectivity index (χ1n) is 7.80. The second-order valence-corrected chi connectivity index (χ2v) is 5.97. The molecule has 1 aliphatic heterocycles. The summed E-state index contributed by atoms with van der Waals surface area (Å²) in [6.07, 6.45) is 3.55. The molecule has 6 heteroatoms. The number of hydrogen-bond acceptors (Lipinski definition) is 4. The number of likely N-dealkylation sites (tertiary alicyclic amines) is 1.